The minimum atomic E-state index is -0.815. The molecule has 2 aliphatic rings. The molecule has 4 amide bonds. The van der Waals surface area contributed by atoms with E-state index in [0.29, 0.717) is 22.9 Å². The van der Waals surface area contributed by atoms with Crippen LogP contribution < -0.4 is 10.6 Å². The maximum atomic E-state index is 12.7. The highest BCUT2D eigenvalue weighted by Crippen LogP contribution is 2.33. The Morgan fingerprint density at radius 3 is 2.58 bits per heavy atom. The van der Waals surface area contributed by atoms with Gasteiger partial charge in [-0.3, -0.25) is 14.5 Å². The highest BCUT2D eigenvalue weighted by Gasteiger charge is 2.51. The molecule has 0 unspecified atom stereocenters. The Balaban J connectivity index is 1.63. The molecule has 0 aromatic heterocycles. The number of imide groups is 1. The van der Waals surface area contributed by atoms with Gasteiger partial charge < -0.3 is 10.6 Å². The summed E-state index contributed by atoms with van der Waals surface area (Å²) in [6.07, 6.45) is 4.14. The van der Waals surface area contributed by atoms with E-state index in [1.165, 1.54) is 0 Å². The van der Waals surface area contributed by atoms with Gasteiger partial charge in [0.1, 0.15) is 12.1 Å². The average molecular weight is 398 g/mol. The molecule has 3 rings (SSSR count). The second-order valence-electron chi connectivity index (χ2n) is 6.93. The number of hydrogen-bond donors (Lipinski definition) is 2. The molecule has 2 fully saturated rings. The standard InChI is InChI=1S/C18H21Cl2N3O3/c1-11(12-5-6-13(19)14(20)9-12)21-15(24)10-23-16(25)18(22-17(23)26)7-3-2-4-8-18/h5-6,9,11H,2-4,7-8,10H2,1H3,(H,21,24)(H,22,26)/t11-/m1/s1. The number of hydrogen-bond acceptors (Lipinski definition) is 3. The van der Waals surface area contributed by atoms with Crippen molar-refractivity contribution < 1.29 is 14.4 Å². The molecule has 6 nitrogen and oxygen atoms in total. The van der Waals surface area contributed by atoms with E-state index >= 15 is 0 Å². The minimum Gasteiger partial charge on any atom is -0.348 e. The van der Waals surface area contributed by atoms with Crippen molar-refractivity contribution in [2.75, 3.05) is 6.54 Å². The highest BCUT2D eigenvalue weighted by molar-refractivity contribution is 6.42. The van der Waals surface area contributed by atoms with Crippen molar-refractivity contribution in [3.8, 4) is 0 Å². The molecule has 1 aliphatic carbocycles. The summed E-state index contributed by atoms with van der Waals surface area (Å²) in [5.41, 5.74) is -0.0287. The first-order chi connectivity index (χ1) is 12.3. The molecule has 1 atom stereocenters. The van der Waals surface area contributed by atoms with Gasteiger partial charge in [0.2, 0.25) is 5.91 Å². The molecule has 140 valence electrons. The van der Waals surface area contributed by atoms with Gasteiger partial charge >= 0.3 is 6.03 Å². The van der Waals surface area contributed by atoms with Crippen molar-refractivity contribution in [1.29, 1.82) is 0 Å². The van der Waals surface area contributed by atoms with Crippen molar-refractivity contribution in [2.45, 2.75) is 50.6 Å². The zero-order valence-electron chi connectivity index (χ0n) is 14.5. The molecule has 1 saturated heterocycles. The Morgan fingerprint density at radius 2 is 1.92 bits per heavy atom. The predicted molar refractivity (Wildman–Crippen MR) is 99.1 cm³/mol. The van der Waals surface area contributed by atoms with E-state index in [1.807, 2.05) is 0 Å². The molecular weight excluding hydrogens is 377 g/mol. The number of carbonyl (C=O) groups is 3. The van der Waals surface area contributed by atoms with Crippen LogP contribution in [0, 0.1) is 0 Å². The lowest BCUT2D eigenvalue weighted by atomic mass is 9.82. The van der Waals surface area contributed by atoms with E-state index in [4.69, 9.17) is 23.2 Å². The zero-order chi connectivity index (χ0) is 18.9. The second kappa shape index (κ2) is 7.45. The van der Waals surface area contributed by atoms with E-state index < -0.39 is 17.5 Å². The number of nitrogens with zero attached hydrogens (tertiary/aromatic N) is 1. The molecular formula is C18H21Cl2N3O3. The van der Waals surface area contributed by atoms with Crippen LogP contribution in [0.3, 0.4) is 0 Å². The monoisotopic (exact) mass is 397 g/mol. The van der Waals surface area contributed by atoms with Crippen LogP contribution in [-0.2, 0) is 9.59 Å². The number of urea groups is 1. The summed E-state index contributed by atoms with van der Waals surface area (Å²) < 4.78 is 0. The summed E-state index contributed by atoms with van der Waals surface area (Å²) in [5, 5.41) is 6.42. The van der Waals surface area contributed by atoms with Crippen molar-refractivity contribution in [1.82, 2.24) is 15.5 Å². The summed E-state index contributed by atoms with van der Waals surface area (Å²) in [6, 6.07) is 4.28. The van der Waals surface area contributed by atoms with Gasteiger partial charge in [0, 0.05) is 0 Å². The van der Waals surface area contributed by atoms with Crippen molar-refractivity contribution in [3.05, 3.63) is 33.8 Å². The van der Waals surface area contributed by atoms with E-state index in [9.17, 15) is 14.4 Å². The van der Waals surface area contributed by atoms with Crippen LogP contribution in [0.5, 0.6) is 0 Å². The minimum absolute atomic E-state index is 0.292. The fraction of sp³-hybridized carbons (Fsp3) is 0.500. The van der Waals surface area contributed by atoms with Gasteiger partial charge in [-0.15, -0.1) is 0 Å². The SMILES string of the molecule is C[C@@H](NC(=O)CN1C(=O)NC2(CCCCC2)C1=O)c1ccc(Cl)c(Cl)c1. The second-order valence-corrected chi connectivity index (χ2v) is 7.74. The van der Waals surface area contributed by atoms with Gasteiger partial charge in [0.25, 0.3) is 5.91 Å². The first-order valence-corrected chi connectivity index (χ1v) is 9.46. The maximum absolute atomic E-state index is 12.7. The van der Waals surface area contributed by atoms with Crippen LogP contribution in [0.1, 0.15) is 50.6 Å². The predicted octanol–water partition coefficient (Wildman–Crippen LogP) is 3.43. The van der Waals surface area contributed by atoms with E-state index in [2.05, 4.69) is 10.6 Å². The molecule has 1 aromatic carbocycles. The number of amides is 4. The van der Waals surface area contributed by atoms with Crippen molar-refractivity contribution in [2.24, 2.45) is 0 Å². The molecule has 1 spiro atoms. The Morgan fingerprint density at radius 1 is 1.23 bits per heavy atom. The molecule has 2 N–H and O–H groups in total. The summed E-state index contributed by atoms with van der Waals surface area (Å²) >= 11 is 11.9. The molecule has 1 aromatic rings. The third-order valence-electron chi connectivity index (χ3n) is 5.08. The van der Waals surface area contributed by atoms with E-state index in [1.54, 1.807) is 25.1 Å². The largest absolute Gasteiger partial charge is 0.348 e. The number of halogens is 2. The van der Waals surface area contributed by atoms with E-state index in [-0.39, 0.29) is 18.5 Å². The third kappa shape index (κ3) is 3.67. The van der Waals surface area contributed by atoms with Crippen LogP contribution in [-0.4, -0.2) is 34.8 Å². The number of carbonyl (C=O) groups excluding carboxylic acids is 3. The fourth-order valence-electron chi connectivity index (χ4n) is 3.61. The fourth-order valence-corrected chi connectivity index (χ4v) is 3.92. The molecule has 1 saturated carbocycles. The number of nitrogens with one attached hydrogen (secondary N) is 2. The Hall–Kier alpha value is -1.79. The van der Waals surface area contributed by atoms with Gasteiger partial charge in [0.05, 0.1) is 16.1 Å². The average Bonchev–Trinajstić information content (AvgIpc) is 2.82. The summed E-state index contributed by atoms with van der Waals surface area (Å²) in [7, 11) is 0. The van der Waals surface area contributed by atoms with Gasteiger partial charge in [-0.25, -0.2) is 4.79 Å². The number of benzene rings is 1. The van der Waals surface area contributed by atoms with Crippen LogP contribution in [0.25, 0.3) is 0 Å². The van der Waals surface area contributed by atoms with Gasteiger partial charge in [-0.1, -0.05) is 48.5 Å². The quantitative estimate of drug-likeness (QED) is 0.763. The van der Waals surface area contributed by atoms with Crippen LogP contribution in [0.2, 0.25) is 10.0 Å². The van der Waals surface area contributed by atoms with Crippen LogP contribution in [0.15, 0.2) is 18.2 Å². The lowest BCUT2D eigenvalue weighted by molar-refractivity contribution is -0.136. The molecule has 26 heavy (non-hydrogen) atoms. The summed E-state index contributed by atoms with van der Waals surface area (Å²) in [5.74, 6) is -0.695. The van der Waals surface area contributed by atoms with E-state index in [0.717, 1.165) is 29.7 Å². The van der Waals surface area contributed by atoms with Crippen LogP contribution >= 0.6 is 23.2 Å². The normalized spacial score (nSPS) is 20.2. The lowest BCUT2D eigenvalue weighted by Crippen LogP contribution is -2.49. The van der Waals surface area contributed by atoms with Crippen LogP contribution in [0.4, 0.5) is 4.79 Å². The first kappa shape index (κ1) is 19.0. The Bertz CT molecular complexity index is 747. The molecule has 0 radical (unpaired) electrons. The molecule has 8 heteroatoms. The molecule has 1 heterocycles. The van der Waals surface area contributed by atoms with Crippen molar-refractivity contribution in [3.63, 3.8) is 0 Å². The van der Waals surface area contributed by atoms with Gasteiger partial charge in [-0.2, -0.15) is 0 Å². The maximum Gasteiger partial charge on any atom is 0.325 e. The lowest BCUT2D eigenvalue weighted by Gasteiger charge is -2.30. The van der Waals surface area contributed by atoms with Gasteiger partial charge in [-0.05, 0) is 37.5 Å². The topological polar surface area (TPSA) is 78.5 Å². The smallest absolute Gasteiger partial charge is 0.325 e. The van der Waals surface area contributed by atoms with Gasteiger partial charge in [0.15, 0.2) is 0 Å². The third-order valence-corrected chi connectivity index (χ3v) is 5.81. The molecule has 1 aliphatic heterocycles. The Kier molecular flexibility index (Phi) is 5.44. The first-order valence-electron chi connectivity index (χ1n) is 8.71. The summed E-state index contributed by atoms with van der Waals surface area (Å²) in [6.45, 7) is 1.50. The van der Waals surface area contributed by atoms with Crippen molar-refractivity contribution >= 4 is 41.0 Å². The zero-order valence-corrected chi connectivity index (χ0v) is 16.0. The molecule has 0 bridgehead atoms. The number of rotatable bonds is 4. The highest BCUT2D eigenvalue weighted by atomic mass is 35.5. The Labute approximate surface area is 162 Å². The summed E-state index contributed by atoms with van der Waals surface area (Å²) in [4.78, 5) is 38.3.